The molecule has 1 fully saturated rings. The summed E-state index contributed by atoms with van der Waals surface area (Å²) in [6.07, 6.45) is 3.25. The molecule has 154 valence electrons. The fourth-order valence-electron chi connectivity index (χ4n) is 3.78. The molecule has 8 heteroatoms. The molecule has 0 spiro atoms. The fourth-order valence-corrected chi connectivity index (χ4v) is 3.78. The number of aliphatic imine (C=N–C) groups is 1. The van der Waals surface area contributed by atoms with Crippen LogP contribution >= 0.6 is 24.0 Å². The Bertz CT molecular complexity index is 861. The van der Waals surface area contributed by atoms with Gasteiger partial charge >= 0.3 is 0 Å². The molecule has 0 bridgehead atoms. The van der Waals surface area contributed by atoms with Crippen molar-refractivity contribution in [1.82, 2.24) is 15.2 Å². The van der Waals surface area contributed by atoms with E-state index in [-0.39, 0.29) is 36.0 Å². The third kappa shape index (κ3) is 4.98. The summed E-state index contributed by atoms with van der Waals surface area (Å²) in [5.74, 6) is 1.65. The number of aromatic nitrogens is 1. The Hall–Kier alpha value is -2.36. The topological polar surface area (TPSA) is 70.1 Å². The summed E-state index contributed by atoms with van der Waals surface area (Å²) in [4.78, 5) is 24.9. The number of benzene rings is 1. The minimum Gasteiger partial charge on any atom is -0.472 e. The Morgan fingerprint density at radius 1 is 1.28 bits per heavy atom. The summed E-state index contributed by atoms with van der Waals surface area (Å²) in [6, 6.07) is 13.7. The van der Waals surface area contributed by atoms with Gasteiger partial charge in [-0.2, -0.15) is 0 Å². The van der Waals surface area contributed by atoms with Crippen LogP contribution in [0.5, 0.6) is 5.88 Å². The fraction of sp³-hybridized carbons (Fsp3) is 0.381. The molecule has 3 heterocycles. The molecule has 1 N–H and O–H groups in total. The predicted octanol–water partition coefficient (Wildman–Crippen LogP) is 2.32. The number of anilines is 1. The van der Waals surface area contributed by atoms with Crippen LogP contribution < -0.4 is 15.0 Å². The van der Waals surface area contributed by atoms with Gasteiger partial charge in [-0.25, -0.2) is 4.98 Å². The van der Waals surface area contributed by atoms with E-state index < -0.39 is 0 Å². The number of nitrogens with one attached hydrogen (secondary N) is 1. The number of halogens is 1. The Kier molecular flexibility index (Phi) is 7.29. The van der Waals surface area contributed by atoms with Crippen LogP contribution in [0.2, 0.25) is 0 Å². The summed E-state index contributed by atoms with van der Waals surface area (Å²) >= 11 is 0. The first-order chi connectivity index (χ1) is 13.7. The average molecular weight is 507 g/mol. The van der Waals surface area contributed by atoms with E-state index >= 15 is 0 Å². The molecular formula is C21H26IN5O2. The summed E-state index contributed by atoms with van der Waals surface area (Å²) < 4.78 is 5.95. The van der Waals surface area contributed by atoms with E-state index in [4.69, 9.17) is 4.74 Å². The molecule has 2 aliphatic heterocycles. The number of ether oxygens (including phenoxy) is 1. The van der Waals surface area contributed by atoms with Gasteiger partial charge in [0.25, 0.3) is 0 Å². The zero-order chi connectivity index (χ0) is 19.3. The van der Waals surface area contributed by atoms with Crippen LogP contribution in [0.25, 0.3) is 0 Å². The van der Waals surface area contributed by atoms with Gasteiger partial charge in [-0.1, -0.05) is 24.3 Å². The molecule has 1 unspecified atom stereocenters. The normalized spacial score (nSPS) is 18.4. The minimum absolute atomic E-state index is 0. The highest BCUT2D eigenvalue weighted by Crippen LogP contribution is 2.27. The van der Waals surface area contributed by atoms with Crippen molar-refractivity contribution in [1.29, 1.82) is 0 Å². The van der Waals surface area contributed by atoms with Crippen LogP contribution in [0.1, 0.15) is 12.0 Å². The molecule has 1 saturated heterocycles. The number of fused-ring (bicyclic) bond motifs is 1. The van der Waals surface area contributed by atoms with E-state index in [1.54, 1.807) is 13.2 Å². The van der Waals surface area contributed by atoms with Crippen LogP contribution in [0.4, 0.5) is 5.69 Å². The molecule has 1 aromatic carbocycles. The Morgan fingerprint density at radius 3 is 2.90 bits per heavy atom. The lowest BCUT2D eigenvalue weighted by Crippen LogP contribution is -2.44. The highest BCUT2D eigenvalue weighted by Gasteiger charge is 2.28. The predicted molar refractivity (Wildman–Crippen MR) is 124 cm³/mol. The maximum Gasteiger partial charge on any atom is 0.231 e. The molecule has 0 aliphatic carbocycles. The maximum atomic E-state index is 12.3. The van der Waals surface area contributed by atoms with Crippen molar-refractivity contribution in [3.05, 3.63) is 54.2 Å². The van der Waals surface area contributed by atoms with E-state index in [0.717, 1.165) is 36.7 Å². The smallest absolute Gasteiger partial charge is 0.231 e. The third-order valence-electron chi connectivity index (χ3n) is 5.13. The van der Waals surface area contributed by atoms with Gasteiger partial charge in [0, 0.05) is 51.1 Å². The quantitative estimate of drug-likeness (QED) is 0.382. The molecule has 29 heavy (non-hydrogen) atoms. The molecule has 0 saturated carbocycles. The lowest BCUT2D eigenvalue weighted by atomic mass is 10.2. The van der Waals surface area contributed by atoms with Crippen molar-refractivity contribution in [3.8, 4) is 5.88 Å². The number of rotatable bonds is 5. The molecule has 1 amide bonds. The second kappa shape index (κ2) is 9.91. The van der Waals surface area contributed by atoms with Gasteiger partial charge in [-0.3, -0.25) is 9.79 Å². The first-order valence-corrected chi connectivity index (χ1v) is 9.66. The zero-order valence-corrected chi connectivity index (χ0v) is 18.8. The third-order valence-corrected chi connectivity index (χ3v) is 5.13. The number of hydrogen-bond acceptors (Lipinski definition) is 4. The Labute approximate surface area is 188 Å². The number of para-hydroxylation sites is 1. The summed E-state index contributed by atoms with van der Waals surface area (Å²) in [6.45, 7) is 2.91. The molecule has 1 atom stereocenters. The van der Waals surface area contributed by atoms with E-state index in [1.807, 2.05) is 47.4 Å². The van der Waals surface area contributed by atoms with Gasteiger partial charge in [-0.15, -0.1) is 24.0 Å². The molecule has 7 nitrogen and oxygen atoms in total. The number of pyridine rings is 1. The number of nitrogens with zero attached hydrogens (tertiary/aromatic N) is 4. The summed E-state index contributed by atoms with van der Waals surface area (Å²) in [5, 5.41) is 3.38. The van der Waals surface area contributed by atoms with Crippen molar-refractivity contribution in [2.45, 2.75) is 18.9 Å². The second-order valence-corrected chi connectivity index (χ2v) is 6.97. The Balaban J connectivity index is 0.00000240. The Morgan fingerprint density at radius 2 is 2.10 bits per heavy atom. The SMILES string of the molecule is CN=C(NCCN1C(=O)Cc2ccccc21)N1CCC(Oc2ccccn2)C1.I. The average Bonchev–Trinajstić information content (AvgIpc) is 3.30. The van der Waals surface area contributed by atoms with Crippen molar-refractivity contribution >= 4 is 41.5 Å². The number of guanidine groups is 1. The first-order valence-electron chi connectivity index (χ1n) is 9.66. The van der Waals surface area contributed by atoms with Crippen LogP contribution in [0.15, 0.2) is 53.7 Å². The van der Waals surface area contributed by atoms with E-state index in [9.17, 15) is 4.79 Å². The van der Waals surface area contributed by atoms with Crippen LogP contribution in [0, 0.1) is 0 Å². The largest absolute Gasteiger partial charge is 0.472 e. The number of amides is 1. The molecule has 2 aromatic rings. The van der Waals surface area contributed by atoms with Crippen LogP contribution in [-0.4, -0.2) is 61.1 Å². The number of likely N-dealkylation sites (tertiary alicyclic amines) is 1. The molecule has 2 aliphatic rings. The maximum absolute atomic E-state index is 12.3. The number of carbonyl (C=O) groups is 1. The van der Waals surface area contributed by atoms with E-state index in [0.29, 0.717) is 25.4 Å². The first kappa shape index (κ1) is 21.4. The molecular weight excluding hydrogens is 481 g/mol. The highest BCUT2D eigenvalue weighted by atomic mass is 127. The zero-order valence-electron chi connectivity index (χ0n) is 16.5. The number of carbonyl (C=O) groups excluding carboxylic acids is 1. The van der Waals surface area contributed by atoms with Gasteiger partial charge in [-0.05, 0) is 17.7 Å². The molecule has 4 rings (SSSR count). The lowest BCUT2D eigenvalue weighted by Gasteiger charge is -2.23. The summed E-state index contributed by atoms with van der Waals surface area (Å²) in [5.41, 5.74) is 2.13. The second-order valence-electron chi connectivity index (χ2n) is 6.97. The van der Waals surface area contributed by atoms with Gasteiger partial charge in [0.2, 0.25) is 11.8 Å². The summed E-state index contributed by atoms with van der Waals surface area (Å²) in [7, 11) is 1.78. The number of hydrogen-bond donors (Lipinski definition) is 1. The van der Waals surface area contributed by atoms with Crippen molar-refractivity contribution < 1.29 is 9.53 Å². The van der Waals surface area contributed by atoms with Crippen LogP contribution in [0.3, 0.4) is 0 Å². The van der Waals surface area contributed by atoms with E-state index in [1.165, 1.54) is 0 Å². The van der Waals surface area contributed by atoms with Crippen molar-refractivity contribution in [2.75, 3.05) is 38.1 Å². The molecule has 0 radical (unpaired) electrons. The van der Waals surface area contributed by atoms with Gasteiger partial charge in [0.15, 0.2) is 5.96 Å². The minimum atomic E-state index is 0. The standard InChI is InChI=1S/C21H25N5O2.HI/c1-22-21(25-12-9-17(15-25)28-19-8-4-5-10-23-19)24-11-13-26-18-7-3-2-6-16(18)14-20(26)27;/h2-8,10,17H,9,11-15H2,1H3,(H,22,24);1H. The van der Waals surface area contributed by atoms with Gasteiger partial charge in [0.1, 0.15) is 6.10 Å². The van der Waals surface area contributed by atoms with E-state index in [2.05, 4.69) is 20.2 Å². The van der Waals surface area contributed by atoms with Crippen molar-refractivity contribution in [3.63, 3.8) is 0 Å². The monoisotopic (exact) mass is 507 g/mol. The van der Waals surface area contributed by atoms with Crippen LogP contribution in [-0.2, 0) is 11.2 Å². The molecule has 1 aromatic heterocycles. The van der Waals surface area contributed by atoms with Gasteiger partial charge < -0.3 is 19.9 Å². The van der Waals surface area contributed by atoms with Crippen molar-refractivity contribution in [2.24, 2.45) is 4.99 Å². The highest BCUT2D eigenvalue weighted by molar-refractivity contribution is 14.0. The lowest BCUT2D eigenvalue weighted by molar-refractivity contribution is -0.117. The van der Waals surface area contributed by atoms with Gasteiger partial charge in [0.05, 0.1) is 13.0 Å².